The predicted octanol–water partition coefficient (Wildman–Crippen LogP) is 2.64. The van der Waals surface area contributed by atoms with Crippen LogP contribution in [0.15, 0.2) is 24.3 Å². The first-order valence-electron chi connectivity index (χ1n) is 5.33. The first-order chi connectivity index (χ1) is 8.41. The molecule has 0 aliphatic rings. The number of carboxylic acids is 1. The van der Waals surface area contributed by atoms with Crippen molar-refractivity contribution in [3.8, 4) is 11.4 Å². The third-order valence-corrected chi connectivity index (χ3v) is 2.84. The first kappa shape index (κ1) is 12.2. The van der Waals surface area contributed by atoms with E-state index in [0.29, 0.717) is 17.1 Å². The summed E-state index contributed by atoms with van der Waals surface area (Å²) >= 11 is 0. The lowest BCUT2D eigenvalue weighted by Crippen LogP contribution is -2.02. The molecule has 0 spiro atoms. The molecule has 0 radical (unpaired) electrons. The molecule has 18 heavy (non-hydrogen) atoms. The van der Waals surface area contributed by atoms with Crippen LogP contribution in [-0.2, 0) is 0 Å². The second kappa shape index (κ2) is 4.18. The monoisotopic (exact) mass is 249 g/mol. The van der Waals surface area contributed by atoms with E-state index in [0.717, 1.165) is 0 Å². The maximum absolute atomic E-state index is 13.4. The Balaban J connectivity index is 2.59. The summed E-state index contributed by atoms with van der Waals surface area (Å²) in [5.74, 6) is -1.88. The zero-order valence-corrected chi connectivity index (χ0v) is 9.94. The Labute approximate surface area is 103 Å². The fraction of sp³-hybridized carbons (Fsp3) is 0.154. The van der Waals surface area contributed by atoms with Crippen molar-refractivity contribution in [1.29, 1.82) is 0 Å². The quantitative estimate of drug-likeness (QED) is 0.860. The van der Waals surface area contributed by atoms with Gasteiger partial charge in [-0.05, 0) is 32.0 Å². The van der Waals surface area contributed by atoms with Crippen LogP contribution < -0.4 is 0 Å². The summed E-state index contributed by atoms with van der Waals surface area (Å²) in [5.41, 5.74) is 1.43. The van der Waals surface area contributed by atoms with Crippen molar-refractivity contribution in [2.75, 3.05) is 0 Å². The van der Waals surface area contributed by atoms with Crippen LogP contribution in [0.5, 0.6) is 5.75 Å². The Morgan fingerprint density at radius 3 is 2.39 bits per heavy atom. The standard InChI is InChI=1S/C13H12FNO3/c1-7-5-11(14)8(2)15(7)9-3-4-10(13(17)18)12(16)6-9/h3-6,16H,1-2H3,(H,17,18). The van der Waals surface area contributed by atoms with Crippen molar-refractivity contribution < 1.29 is 19.4 Å². The van der Waals surface area contributed by atoms with Gasteiger partial charge in [-0.1, -0.05) is 0 Å². The van der Waals surface area contributed by atoms with E-state index in [4.69, 9.17) is 5.11 Å². The number of phenols is 1. The number of rotatable bonds is 2. The largest absolute Gasteiger partial charge is 0.507 e. The fourth-order valence-corrected chi connectivity index (χ4v) is 1.96. The van der Waals surface area contributed by atoms with E-state index in [2.05, 4.69) is 0 Å². The van der Waals surface area contributed by atoms with E-state index in [1.54, 1.807) is 18.4 Å². The van der Waals surface area contributed by atoms with Gasteiger partial charge in [0.25, 0.3) is 0 Å². The van der Waals surface area contributed by atoms with Gasteiger partial charge < -0.3 is 14.8 Å². The third-order valence-electron chi connectivity index (χ3n) is 2.84. The molecular weight excluding hydrogens is 237 g/mol. The summed E-state index contributed by atoms with van der Waals surface area (Å²) < 4.78 is 15.0. The summed E-state index contributed by atoms with van der Waals surface area (Å²) in [6.45, 7) is 3.35. The number of halogens is 1. The molecule has 0 fully saturated rings. The molecule has 1 heterocycles. The van der Waals surface area contributed by atoms with Crippen LogP contribution in [0.25, 0.3) is 5.69 Å². The number of aromatic hydroxyl groups is 1. The minimum atomic E-state index is -1.20. The molecule has 0 aliphatic carbocycles. The Morgan fingerprint density at radius 2 is 1.94 bits per heavy atom. The van der Waals surface area contributed by atoms with E-state index in [1.807, 2.05) is 0 Å². The number of hydrogen-bond donors (Lipinski definition) is 2. The van der Waals surface area contributed by atoms with Crippen LogP contribution in [0.2, 0.25) is 0 Å². The molecule has 0 saturated carbocycles. The second-order valence-corrected chi connectivity index (χ2v) is 4.06. The highest BCUT2D eigenvalue weighted by atomic mass is 19.1. The number of carboxylic acid groups (broad SMARTS) is 1. The van der Waals surface area contributed by atoms with E-state index in [1.165, 1.54) is 24.3 Å². The highest BCUT2D eigenvalue weighted by molar-refractivity contribution is 5.91. The summed E-state index contributed by atoms with van der Waals surface area (Å²) in [5, 5.41) is 18.4. The maximum Gasteiger partial charge on any atom is 0.339 e. The zero-order valence-electron chi connectivity index (χ0n) is 9.94. The average molecular weight is 249 g/mol. The number of aromatic carboxylic acids is 1. The second-order valence-electron chi connectivity index (χ2n) is 4.06. The van der Waals surface area contributed by atoms with Crippen LogP contribution in [0.4, 0.5) is 4.39 Å². The lowest BCUT2D eigenvalue weighted by Gasteiger charge is -2.10. The third kappa shape index (κ3) is 1.84. The summed E-state index contributed by atoms with van der Waals surface area (Å²) in [4.78, 5) is 10.8. The van der Waals surface area contributed by atoms with E-state index >= 15 is 0 Å². The maximum atomic E-state index is 13.4. The predicted molar refractivity (Wildman–Crippen MR) is 63.8 cm³/mol. The molecule has 0 amide bonds. The van der Waals surface area contributed by atoms with Crippen molar-refractivity contribution in [1.82, 2.24) is 4.57 Å². The molecule has 0 unspecified atom stereocenters. The summed E-state index contributed by atoms with van der Waals surface area (Å²) in [6.07, 6.45) is 0. The van der Waals surface area contributed by atoms with E-state index in [9.17, 15) is 14.3 Å². The van der Waals surface area contributed by atoms with Crippen molar-refractivity contribution in [2.45, 2.75) is 13.8 Å². The Bertz CT molecular complexity index is 631. The van der Waals surface area contributed by atoms with Gasteiger partial charge in [0, 0.05) is 17.4 Å². The average Bonchev–Trinajstić information content (AvgIpc) is 2.52. The van der Waals surface area contributed by atoms with Crippen molar-refractivity contribution in [2.24, 2.45) is 0 Å². The lowest BCUT2D eigenvalue weighted by molar-refractivity contribution is 0.0694. The summed E-state index contributed by atoms with van der Waals surface area (Å²) in [6, 6.07) is 5.52. The molecule has 5 heteroatoms. The van der Waals surface area contributed by atoms with Gasteiger partial charge in [-0.25, -0.2) is 9.18 Å². The van der Waals surface area contributed by atoms with Gasteiger partial charge in [-0.15, -0.1) is 0 Å². The lowest BCUT2D eigenvalue weighted by atomic mass is 10.2. The molecule has 1 aromatic heterocycles. The highest BCUT2D eigenvalue weighted by Gasteiger charge is 2.14. The zero-order chi connectivity index (χ0) is 13.4. The Morgan fingerprint density at radius 1 is 1.28 bits per heavy atom. The van der Waals surface area contributed by atoms with E-state index in [-0.39, 0.29) is 17.1 Å². The number of benzene rings is 1. The number of aryl methyl sites for hydroxylation is 1. The van der Waals surface area contributed by atoms with Gasteiger partial charge in [-0.2, -0.15) is 0 Å². The molecule has 0 atom stereocenters. The van der Waals surface area contributed by atoms with Gasteiger partial charge in [0.05, 0.1) is 5.69 Å². The molecule has 0 bridgehead atoms. The van der Waals surface area contributed by atoms with Crippen molar-refractivity contribution in [3.05, 3.63) is 47.0 Å². The van der Waals surface area contributed by atoms with Gasteiger partial charge in [0.15, 0.2) is 0 Å². The molecule has 94 valence electrons. The number of carbonyl (C=O) groups is 1. The molecule has 2 rings (SSSR count). The van der Waals surface area contributed by atoms with Crippen LogP contribution in [0, 0.1) is 19.7 Å². The minimum Gasteiger partial charge on any atom is -0.507 e. The SMILES string of the molecule is Cc1cc(F)c(C)n1-c1ccc(C(=O)O)c(O)c1. The molecule has 1 aromatic carbocycles. The summed E-state index contributed by atoms with van der Waals surface area (Å²) in [7, 11) is 0. The van der Waals surface area contributed by atoms with E-state index < -0.39 is 5.97 Å². The Kier molecular flexibility index (Phi) is 2.82. The molecule has 0 aliphatic heterocycles. The van der Waals surface area contributed by atoms with Crippen molar-refractivity contribution >= 4 is 5.97 Å². The number of hydrogen-bond acceptors (Lipinski definition) is 2. The van der Waals surface area contributed by atoms with Gasteiger partial charge in [-0.3, -0.25) is 0 Å². The normalized spacial score (nSPS) is 10.6. The van der Waals surface area contributed by atoms with Gasteiger partial charge >= 0.3 is 5.97 Å². The topological polar surface area (TPSA) is 62.5 Å². The smallest absolute Gasteiger partial charge is 0.339 e. The molecular formula is C13H12FNO3. The van der Waals surface area contributed by atoms with Gasteiger partial charge in [0.1, 0.15) is 17.1 Å². The van der Waals surface area contributed by atoms with Crippen LogP contribution in [0.3, 0.4) is 0 Å². The molecule has 2 N–H and O–H groups in total. The highest BCUT2D eigenvalue weighted by Crippen LogP contribution is 2.25. The Hall–Kier alpha value is -2.30. The van der Waals surface area contributed by atoms with Crippen LogP contribution in [-0.4, -0.2) is 20.7 Å². The van der Waals surface area contributed by atoms with Gasteiger partial charge in [0.2, 0.25) is 0 Å². The number of nitrogens with zero attached hydrogens (tertiary/aromatic N) is 1. The first-order valence-corrected chi connectivity index (χ1v) is 5.33. The minimum absolute atomic E-state index is 0.179. The van der Waals surface area contributed by atoms with Crippen LogP contribution >= 0.6 is 0 Å². The molecule has 0 saturated heterocycles. The number of aromatic nitrogens is 1. The van der Waals surface area contributed by atoms with Crippen molar-refractivity contribution in [3.63, 3.8) is 0 Å². The fourth-order valence-electron chi connectivity index (χ4n) is 1.96. The molecule has 2 aromatic rings. The van der Waals surface area contributed by atoms with Crippen LogP contribution in [0.1, 0.15) is 21.7 Å². The molecule has 4 nitrogen and oxygen atoms in total.